The Morgan fingerprint density at radius 2 is 2.47 bits per heavy atom. The highest BCUT2D eigenvalue weighted by atomic mass is 79.9. The molecule has 1 nitrogen and oxygen atoms in total. The maximum absolute atomic E-state index is 14.4. The van der Waals surface area contributed by atoms with Gasteiger partial charge in [0.1, 0.15) is 5.67 Å². The molecule has 1 fully saturated rings. The zero-order valence-corrected chi connectivity index (χ0v) is 10.9. The molecule has 1 saturated carbocycles. The third-order valence-electron chi connectivity index (χ3n) is 2.94. The minimum atomic E-state index is -1.07. The van der Waals surface area contributed by atoms with Gasteiger partial charge in [-0.2, -0.15) is 0 Å². The molecule has 2 N–H and O–H groups in total. The molecule has 0 radical (unpaired) electrons. The van der Waals surface area contributed by atoms with Crippen molar-refractivity contribution in [2.24, 2.45) is 5.73 Å². The molecule has 84 valence electrons. The zero-order chi connectivity index (χ0) is 10.9. The van der Waals surface area contributed by atoms with Gasteiger partial charge in [-0.1, -0.05) is 0 Å². The SMILES string of the molecule is NC1CCCC(F)(Cc2cc(Br)cs2)C1. The average Bonchev–Trinajstić information content (AvgIpc) is 2.49. The van der Waals surface area contributed by atoms with Crippen LogP contribution in [0.25, 0.3) is 0 Å². The molecule has 0 spiro atoms. The van der Waals surface area contributed by atoms with E-state index in [1.807, 2.05) is 11.4 Å². The van der Waals surface area contributed by atoms with E-state index < -0.39 is 5.67 Å². The van der Waals surface area contributed by atoms with Gasteiger partial charge in [-0.25, -0.2) is 4.39 Å². The van der Waals surface area contributed by atoms with Gasteiger partial charge in [0.15, 0.2) is 0 Å². The summed E-state index contributed by atoms with van der Waals surface area (Å²) in [5, 5.41) is 2.00. The number of nitrogens with two attached hydrogens (primary N) is 1. The van der Waals surface area contributed by atoms with Gasteiger partial charge in [-0.15, -0.1) is 11.3 Å². The fraction of sp³-hybridized carbons (Fsp3) is 0.636. The molecule has 0 saturated heterocycles. The van der Waals surface area contributed by atoms with Crippen molar-refractivity contribution in [1.82, 2.24) is 0 Å². The van der Waals surface area contributed by atoms with Gasteiger partial charge in [0.25, 0.3) is 0 Å². The van der Waals surface area contributed by atoms with E-state index in [4.69, 9.17) is 5.73 Å². The zero-order valence-electron chi connectivity index (χ0n) is 8.51. The molecular weight excluding hydrogens is 277 g/mol. The van der Waals surface area contributed by atoms with Crippen molar-refractivity contribution in [2.45, 2.75) is 43.8 Å². The lowest BCUT2D eigenvalue weighted by Gasteiger charge is -2.32. The van der Waals surface area contributed by atoms with Crippen molar-refractivity contribution in [2.75, 3.05) is 0 Å². The van der Waals surface area contributed by atoms with Crippen molar-refractivity contribution in [3.8, 4) is 0 Å². The summed E-state index contributed by atoms with van der Waals surface area (Å²) >= 11 is 5.00. The van der Waals surface area contributed by atoms with Crippen molar-refractivity contribution in [3.63, 3.8) is 0 Å². The second kappa shape index (κ2) is 4.52. The molecule has 1 aromatic rings. The molecule has 4 heteroatoms. The lowest BCUT2D eigenvalue weighted by molar-refractivity contribution is 0.0974. The Kier molecular flexibility index (Phi) is 3.48. The Labute approximate surface area is 102 Å². The van der Waals surface area contributed by atoms with E-state index in [1.54, 1.807) is 11.3 Å². The van der Waals surface area contributed by atoms with Crippen LogP contribution in [0.3, 0.4) is 0 Å². The fourth-order valence-electron chi connectivity index (χ4n) is 2.27. The standard InChI is InChI=1S/C11H15BrFNS/c12-8-4-10(15-7-8)6-11(13)3-1-2-9(14)5-11/h4,7,9H,1-3,5-6,14H2. The van der Waals surface area contributed by atoms with Crippen LogP contribution in [0.1, 0.15) is 30.6 Å². The van der Waals surface area contributed by atoms with Gasteiger partial charge in [0, 0.05) is 27.2 Å². The van der Waals surface area contributed by atoms with Gasteiger partial charge < -0.3 is 5.73 Å². The van der Waals surface area contributed by atoms with Gasteiger partial charge >= 0.3 is 0 Å². The molecule has 0 bridgehead atoms. The predicted molar refractivity (Wildman–Crippen MR) is 66.0 cm³/mol. The number of hydrogen-bond donors (Lipinski definition) is 1. The van der Waals surface area contributed by atoms with Crippen LogP contribution in [0.4, 0.5) is 4.39 Å². The number of alkyl halides is 1. The smallest absolute Gasteiger partial charge is 0.117 e. The topological polar surface area (TPSA) is 26.0 Å². The highest BCUT2D eigenvalue weighted by Crippen LogP contribution is 2.36. The highest BCUT2D eigenvalue weighted by Gasteiger charge is 2.35. The maximum atomic E-state index is 14.4. The summed E-state index contributed by atoms with van der Waals surface area (Å²) in [4.78, 5) is 1.11. The maximum Gasteiger partial charge on any atom is 0.117 e. The minimum Gasteiger partial charge on any atom is -0.328 e. The van der Waals surface area contributed by atoms with Crippen LogP contribution in [0.15, 0.2) is 15.9 Å². The Bertz CT molecular complexity index is 341. The Balaban J connectivity index is 2.03. The summed E-state index contributed by atoms with van der Waals surface area (Å²) in [5.41, 5.74) is 4.76. The van der Waals surface area contributed by atoms with Crippen LogP contribution in [0.2, 0.25) is 0 Å². The molecule has 1 aliphatic carbocycles. The normalized spacial score (nSPS) is 31.8. The summed E-state index contributed by atoms with van der Waals surface area (Å²) in [7, 11) is 0. The Hall–Kier alpha value is 0.0700. The van der Waals surface area contributed by atoms with Crippen LogP contribution in [-0.2, 0) is 6.42 Å². The molecule has 1 aliphatic rings. The molecule has 1 heterocycles. The summed E-state index contributed by atoms with van der Waals surface area (Å²) < 4.78 is 15.5. The van der Waals surface area contributed by atoms with Crippen molar-refractivity contribution in [1.29, 1.82) is 0 Å². The van der Waals surface area contributed by atoms with E-state index in [0.29, 0.717) is 19.3 Å². The summed E-state index contributed by atoms with van der Waals surface area (Å²) in [5.74, 6) is 0. The average molecular weight is 292 g/mol. The predicted octanol–water partition coefficient (Wildman–Crippen LogP) is 3.66. The second-order valence-corrected chi connectivity index (χ2v) is 6.33. The summed E-state index contributed by atoms with van der Waals surface area (Å²) in [6, 6.07) is 2.05. The monoisotopic (exact) mass is 291 g/mol. The van der Waals surface area contributed by atoms with E-state index in [9.17, 15) is 4.39 Å². The van der Waals surface area contributed by atoms with E-state index in [2.05, 4.69) is 15.9 Å². The minimum absolute atomic E-state index is 0.0483. The number of thiophene rings is 1. The number of halogens is 2. The molecule has 0 amide bonds. The van der Waals surface area contributed by atoms with E-state index in [0.717, 1.165) is 22.2 Å². The van der Waals surface area contributed by atoms with Crippen LogP contribution in [-0.4, -0.2) is 11.7 Å². The third kappa shape index (κ3) is 3.02. The second-order valence-electron chi connectivity index (χ2n) is 4.42. The molecule has 0 aromatic carbocycles. The van der Waals surface area contributed by atoms with Crippen LogP contribution >= 0.6 is 27.3 Å². The van der Waals surface area contributed by atoms with E-state index >= 15 is 0 Å². The highest BCUT2D eigenvalue weighted by molar-refractivity contribution is 9.10. The Morgan fingerprint density at radius 1 is 1.67 bits per heavy atom. The molecule has 2 rings (SSSR count). The quantitative estimate of drug-likeness (QED) is 0.884. The van der Waals surface area contributed by atoms with E-state index in [1.165, 1.54) is 0 Å². The first kappa shape index (κ1) is 11.6. The van der Waals surface area contributed by atoms with Gasteiger partial charge in [-0.05, 0) is 47.7 Å². The first-order chi connectivity index (χ1) is 7.07. The molecule has 15 heavy (non-hydrogen) atoms. The lowest BCUT2D eigenvalue weighted by atomic mass is 9.81. The first-order valence-electron chi connectivity index (χ1n) is 5.25. The largest absolute Gasteiger partial charge is 0.328 e. The van der Waals surface area contributed by atoms with Crippen molar-refractivity contribution < 1.29 is 4.39 Å². The van der Waals surface area contributed by atoms with Crippen molar-refractivity contribution in [3.05, 3.63) is 20.8 Å². The Morgan fingerprint density at radius 3 is 3.07 bits per heavy atom. The number of hydrogen-bond acceptors (Lipinski definition) is 2. The summed E-state index contributed by atoms with van der Waals surface area (Å²) in [6.07, 6.45) is 3.60. The molecule has 1 aromatic heterocycles. The van der Waals surface area contributed by atoms with E-state index in [-0.39, 0.29) is 6.04 Å². The molecule has 2 unspecified atom stereocenters. The summed E-state index contributed by atoms with van der Waals surface area (Å²) in [6.45, 7) is 0. The third-order valence-corrected chi connectivity index (χ3v) is 4.64. The van der Waals surface area contributed by atoms with Crippen molar-refractivity contribution >= 4 is 27.3 Å². The van der Waals surface area contributed by atoms with Crippen LogP contribution < -0.4 is 5.73 Å². The number of rotatable bonds is 2. The van der Waals surface area contributed by atoms with Crippen LogP contribution in [0, 0.1) is 0 Å². The van der Waals surface area contributed by atoms with Gasteiger partial charge in [0.05, 0.1) is 0 Å². The molecule has 0 aliphatic heterocycles. The van der Waals surface area contributed by atoms with Gasteiger partial charge in [0.2, 0.25) is 0 Å². The van der Waals surface area contributed by atoms with Gasteiger partial charge in [-0.3, -0.25) is 0 Å². The molecule has 2 atom stereocenters. The van der Waals surface area contributed by atoms with Crippen LogP contribution in [0.5, 0.6) is 0 Å². The fourth-order valence-corrected chi connectivity index (χ4v) is 3.85. The molecular formula is C11H15BrFNS. The lowest BCUT2D eigenvalue weighted by Crippen LogP contribution is -2.39. The first-order valence-corrected chi connectivity index (χ1v) is 6.92.